The summed E-state index contributed by atoms with van der Waals surface area (Å²) in [6.45, 7) is 0.558. The number of aliphatic hydroxyl groups excluding tert-OH is 1. The van der Waals surface area contributed by atoms with Gasteiger partial charge in [0.25, 0.3) is 5.91 Å². The Kier molecular flexibility index (Phi) is 7.15. The lowest BCUT2D eigenvalue weighted by atomic mass is 10.2. The first kappa shape index (κ1) is 15.7. The molecule has 1 aromatic rings. The van der Waals surface area contributed by atoms with Crippen LogP contribution in [0.25, 0.3) is 0 Å². The average molecular weight is 283 g/mol. The Balaban J connectivity index is 2.61. The monoisotopic (exact) mass is 283 g/mol. The van der Waals surface area contributed by atoms with E-state index in [9.17, 15) is 4.79 Å². The highest BCUT2D eigenvalue weighted by Crippen LogP contribution is 2.15. The molecule has 6 heteroatoms. The number of nitrogens with one attached hydrogen (secondary N) is 1. The zero-order valence-corrected chi connectivity index (χ0v) is 11.8. The SMILES string of the molecule is COCC(CNC(=O)c1sccc1C#CCO)OC. The molecule has 5 nitrogen and oxygen atoms in total. The van der Waals surface area contributed by atoms with Gasteiger partial charge in [-0.15, -0.1) is 11.3 Å². The molecule has 0 saturated heterocycles. The van der Waals surface area contributed by atoms with E-state index in [0.29, 0.717) is 23.6 Å². The van der Waals surface area contributed by atoms with Gasteiger partial charge < -0.3 is 19.9 Å². The molecule has 1 unspecified atom stereocenters. The summed E-state index contributed by atoms with van der Waals surface area (Å²) in [6, 6.07) is 1.76. The van der Waals surface area contributed by atoms with E-state index in [0.717, 1.165) is 0 Å². The summed E-state index contributed by atoms with van der Waals surface area (Å²) in [5.74, 6) is 5.08. The predicted molar refractivity (Wildman–Crippen MR) is 73.3 cm³/mol. The predicted octanol–water partition coefficient (Wildman–Crippen LogP) is 0.483. The summed E-state index contributed by atoms with van der Waals surface area (Å²) in [7, 11) is 3.15. The maximum absolute atomic E-state index is 12.0. The normalized spacial score (nSPS) is 11.5. The van der Waals surface area contributed by atoms with Crippen molar-refractivity contribution in [3.63, 3.8) is 0 Å². The molecule has 0 bridgehead atoms. The van der Waals surface area contributed by atoms with Gasteiger partial charge in [-0.2, -0.15) is 0 Å². The second-order valence-corrected chi connectivity index (χ2v) is 4.56. The maximum atomic E-state index is 12.0. The molecule has 0 aromatic carbocycles. The molecule has 1 aromatic heterocycles. The first-order valence-electron chi connectivity index (χ1n) is 5.70. The Morgan fingerprint density at radius 2 is 2.37 bits per heavy atom. The molecule has 0 aliphatic carbocycles. The fraction of sp³-hybridized carbons (Fsp3) is 0.462. The van der Waals surface area contributed by atoms with Gasteiger partial charge in [-0.1, -0.05) is 11.8 Å². The first-order valence-corrected chi connectivity index (χ1v) is 6.58. The van der Waals surface area contributed by atoms with E-state index >= 15 is 0 Å². The van der Waals surface area contributed by atoms with E-state index in [1.54, 1.807) is 25.7 Å². The van der Waals surface area contributed by atoms with Crippen LogP contribution in [0.1, 0.15) is 15.2 Å². The summed E-state index contributed by atoms with van der Waals surface area (Å²) < 4.78 is 10.1. The number of ether oxygens (including phenoxy) is 2. The van der Waals surface area contributed by atoms with Crippen molar-refractivity contribution < 1.29 is 19.4 Å². The van der Waals surface area contributed by atoms with E-state index in [2.05, 4.69) is 17.2 Å². The number of rotatable bonds is 6. The molecule has 1 atom stereocenters. The van der Waals surface area contributed by atoms with Crippen molar-refractivity contribution in [3.8, 4) is 11.8 Å². The first-order chi connectivity index (χ1) is 9.22. The van der Waals surface area contributed by atoms with Crippen LogP contribution in [-0.2, 0) is 9.47 Å². The third-order valence-corrected chi connectivity index (χ3v) is 3.26. The lowest BCUT2D eigenvalue weighted by Crippen LogP contribution is -2.35. The molecule has 0 fully saturated rings. The molecule has 0 aliphatic heterocycles. The number of methoxy groups -OCH3 is 2. The molecule has 0 spiro atoms. The van der Waals surface area contributed by atoms with E-state index in [1.807, 2.05) is 0 Å². The van der Waals surface area contributed by atoms with Gasteiger partial charge in [0.15, 0.2) is 0 Å². The van der Waals surface area contributed by atoms with Gasteiger partial charge in [0.05, 0.1) is 12.7 Å². The van der Waals surface area contributed by atoms with E-state index < -0.39 is 0 Å². The van der Waals surface area contributed by atoms with Crippen LogP contribution < -0.4 is 5.32 Å². The van der Waals surface area contributed by atoms with Crippen molar-refractivity contribution in [1.29, 1.82) is 0 Å². The number of hydrogen-bond acceptors (Lipinski definition) is 5. The molecule has 19 heavy (non-hydrogen) atoms. The van der Waals surface area contributed by atoms with Crippen molar-refractivity contribution in [3.05, 3.63) is 21.9 Å². The van der Waals surface area contributed by atoms with Crippen LogP contribution in [0.5, 0.6) is 0 Å². The largest absolute Gasteiger partial charge is 0.384 e. The van der Waals surface area contributed by atoms with E-state index in [-0.39, 0.29) is 18.6 Å². The number of thiophene rings is 1. The summed E-state index contributed by atoms with van der Waals surface area (Å²) in [5.41, 5.74) is 0.622. The topological polar surface area (TPSA) is 67.8 Å². The second kappa shape index (κ2) is 8.67. The fourth-order valence-electron chi connectivity index (χ4n) is 1.40. The molecule has 0 aliphatic rings. The number of carbonyl (C=O) groups excluding carboxylic acids is 1. The lowest BCUT2D eigenvalue weighted by Gasteiger charge is -2.14. The molecule has 1 amide bonds. The van der Waals surface area contributed by atoms with Crippen LogP contribution >= 0.6 is 11.3 Å². The van der Waals surface area contributed by atoms with Crippen molar-refractivity contribution in [2.75, 3.05) is 34.0 Å². The smallest absolute Gasteiger partial charge is 0.262 e. The lowest BCUT2D eigenvalue weighted by molar-refractivity contribution is 0.0286. The Bertz CT molecular complexity index is 461. The molecular weight excluding hydrogens is 266 g/mol. The standard InChI is InChI=1S/C13H17NO4S/c1-17-9-11(18-2)8-14-13(16)12-10(4-3-6-15)5-7-19-12/h5,7,11,15H,6,8-9H2,1-2H3,(H,14,16). The minimum Gasteiger partial charge on any atom is -0.384 e. The molecule has 0 radical (unpaired) electrons. The minimum atomic E-state index is -0.226. The maximum Gasteiger partial charge on any atom is 0.262 e. The van der Waals surface area contributed by atoms with E-state index in [4.69, 9.17) is 14.6 Å². The van der Waals surface area contributed by atoms with Gasteiger partial charge in [-0.25, -0.2) is 0 Å². The number of amides is 1. The molecular formula is C13H17NO4S. The van der Waals surface area contributed by atoms with Crippen molar-refractivity contribution in [2.45, 2.75) is 6.10 Å². The fourth-order valence-corrected chi connectivity index (χ4v) is 2.17. The number of hydrogen-bond donors (Lipinski definition) is 2. The van der Waals surface area contributed by atoms with Gasteiger partial charge in [0, 0.05) is 26.3 Å². The summed E-state index contributed by atoms with van der Waals surface area (Å²) in [4.78, 5) is 12.5. The molecule has 1 heterocycles. The van der Waals surface area contributed by atoms with Crippen molar-refractivity contribution in [1.82, 2.24) is 5.32 Å². The Morgan fingerprint density at radius 3 is 3.00 bits per heavy atom. The van der Waals surface area contributed by atoms with Gasteiger partial charge in [0.2, 0.25) is 0 Å². The van der Waals surface area contributed by atoms with Crippen molar-refractivity contribution >= 4 is 17.2 Å². The minimum absolute atomic E-state index is 0.180. The van der Waals surface area contributed by atoms with E-state index in [1.165, 1.54) is 11.3 Å². The Morgan fingerprint density at radius 1 is 1.58 bits per heavy atom. The highest BCUT2D eigenvalue weighted by molar-refractivity contribution is 7.12. The third-order valence-electron chi connectivity index (χ3n) is 2.35. The van der Waals surface area contributed by atoms with Crippen molar-refractivity contribution in [2.24, 2.45) is 0 Å². The average Bonchev–Trinajstić information content (AvgIpc) is 2.89. The van der Waals surface area contributed by atoms with Gasteiger partial charge in [0.1, 0.15) is 11.5 Å². The van der Waals surface area contributed by atoms with Gasteiger partial charge in [-0.05, 0) is 11.4 Å². The van der Waals surface area contributed by atoms with Crippen LogP contribution in [0.15, 0.2) is 11.4 Å². The summed E-state index contributed by atoms with van der Waals surface area (Å²) in [5, 5.41) is 13.2. The molecule has 104 valence electrons. The second-order valence-electron chi connectivity index (χ2n) is 3.65. The van der Waals surface area contributed by atoms with Crippen LogP contribution in [0, 0.1) is 11.8 Å². The highest BCUT2D eigenvalue weighted by Gasteiger charge is 2.14. The van der Waals surface area contributed by atoms with Crippen LogP contribution in [0.4, 0.5) is 0 Å². The van der Waals surface area contributed by atoms with Gasteiger partial charge >= 0.3 is 0 Å². The zero-order chi connectivity index (χ0) is 14.1. The summed E-state index contributed by atoms with van der Waals surface area (Å²) in [6.07, 6.45) is -0.180. The number of carbonyl (C=O) groups is 1. The third kappa shape index (κ3) is 5.01. The van der Waals surface area contributed by atoms with Crippen LogP contribution in [-0.4, -0.2) is 51.1 Å². The van der Waals surface area contributed by atoms with Gasteiger partial charge in [-0.3, -0.25) is 4.79 Å². The Hall–Kier alpha value is -1.39. The number of aliphatic hydroxyl groups is 1. The van der Waals surface area contributed by atoms with Crippen LogP contribution in [0.2, 0.25) is 0 Å². The summed E-state index contributed by atoms with van der Waals surface area (Å²) >= 11 is 1.31. The molecule has 2 N–H and O–H groups in total. The highest BCUT2D eigenvalue weighted by atomic mass is 32.1. The van der Waals surface area contributed by atoms with Crippen LogP contribution in [0.3, 0.4) is 0 Å². The molecule has 1 rings (SSSR count). The molecule has 0 saturated carbocycles. The zero-order valence-electron chi connectivity index (χ0n) is 10.9. The Labute approximate surface area is 116 Å². The quantitative estimate of drug-likeness (QED) is 0.745.